The Morgan fingerprint density at radius 3 is 2.32 bits per heavy atom. The number of fused-ring (bicyclic) bond motifs is 5. The molecule has 5 fully saturated rings. The Hall–Kier alpha value is -0.370. The number of epoxide rings is 1. The van der Waals surface area contributed by atoms with Crippen molar-refractivity contribution in [2.24, 2.45) is 40.4 Å². The first-order chi connectivity index (χ1) is 11.8. The van der Waals surface area contributed by atoms with Crippen LogP contribution >= 0.6 is 0 Å². The standard InChI is InChI=1S/C23H36O2/c1-14(24)18-7-8-19-17-6-5-16-13-23(15(2)25-23)12-11-21(16,3)20(17)9-10-22(18,19)4/h15-20H,5-13H2,1-4H3/t15-,16?,17?,18?,19?,20?,21-,22+,23+/m0/s1. The molecule has 140 valence electrons. The SMILES string of the molecule is CC(=O)C1CCC2C3CCC4C[C@@]5(CC[C@]4(C)C3CC[C@]12C)O[C@H]5C. The fourth-order valence-electron chi connectivity index (χ4n) is 8.72. The lowest BCUT2D eigenvalue weighted by Gasteiger charge is -2.61. The highest BCUT2D eigenvalue weighted by atomic mass is 16.6. The maximum absolute atomic E-state index is 12.3. The molecule has 0 aromatic heterocycles. The Balaban J connectivity index is 1.41. The van der Waals surface area contributed by atoms with Gasteiger partial charge >= 0.3 is 0 Å². The molecule has 5 aliphatic rings. The summed E-state index contributed by atoms with van der Waals surface area (Å²) in [5.74, 6) is 4.28. The Morgan fingerprint density at radius 2 is 1.64 bits per heavy atom. The fraction of sp³-hybridized carbons (Fsp3) is 0.957. The van der Waals surface area contributed by atoms with Gasteiger partial charge in [0.25, 0.3) is 0 Å². The predicted molar refractivity (Wildman–Crippen MR) is 99.2 cm³/mol. The summed E-state index contributed by atoms with van der Waals surface area (Å²) in [4.78, 5) is 12.3. The number of ketones is 1. The Labute approximate surface area is 153 Å². The fourth-order valence-corrected chi connectivity index (χ4v) is 8.72. The summed E-state index contributed by atoms with van der Waals surface area (Å²) in [6.07, 6.45) is 12.5. The number of carbonyl (C=O) groups excluding carboxylic acids is 1. The third kappa shape index (κ3) is 2.10. The molecule has 2 nitrogen and oxygen atoms in total. The molecule has 1 spiro atoms. The predicted octanol–water partition coefficient (Wildman–Crippen LogP) is 5.39. The number of carbonyl (C=O) groups is 1. The van der Waals surface area contributed by atoms with Crippen LogP contribution in [0.25, 0.3) is 0 Å². The van der Waals surface area contributed by atoms with Crippen LogP contribution in [-0.4, -0.2) is 17.5 Å². The average molecular weight is 345 g/mol. The van der Waals surface area contributed by atoms with Crippen molar-refractivity contribution >= 4 is 5.78 Å². The Morgan fingerprint density at radius 1 is 0.920 bits per heavy atom. The van der Waals surface area contributed by atoms with E-state index in [1.807, 2.05) is 6.92 Å². The van der Waals surface area contributed by atoms with Crippen molar-refractivity contribution in [3.63, 3.8) is 0 Å². The van der Waals surface area contributed by atoms with Gasteiger partial charge in [0.1, 0.15) is 5.78 Å². The van der Waals surface area contributed by atoms with Gasteiger partial charge in [0.05, 0.1) is 11.7 Å². The van der Waals surface area contributed by atoms with Crippen molar-refractivity contribution in [1.82, 2.24) is 0 Å². The largest absolute Gasteiger partial charge is 0.366 e. The molecule has 1 aliphatic heterocycles. The van der Waals surface area contributed by atoms with E-state index in [-0.39, 0.29) is 5.60 Å². The van der Waals surface area contributed by atoms with E-state index in [4.69, 9.17) is 4.74 Å². The molecule has 5 unspecified atom stereocenters. The van der Waals surface area contributed by atoms with Crippen molar-refractivity contribution < 1.29 is 9.53 Å². The zero-order valence-electron chi connectivity index (χ0n) is 16.6. The molecule has 0 bridgehead atoms. The van der Waals surface area contributed by atoms with E-state index in [1.165, 1.54) is 51.4 Å². The van der Waals surface area contributed by atoms with Gasteiger partial charge in [-0.25, -0.2) is 0 Å². The normalized spacial score (nSPS) is 59.8. The van der Waals surface area contributed by atoms with Crippen molar-refractivity contribution in [3.8, 4) is 0 Å². The molecule has 0 aromatic carbocycles. The summed E-state index contributed by atoms with van der Waals surface area (Å²) in [5, 5.41) is 0. The van der Waals surface area contributed by atoms with Gasteiger partial charge in [-0.05, 0) is 106 Å². The van der Waals surface area contributed by atoms with Gasteiger partial charge in [-0.1, -0.05) is 13.8 Å². The molecule has 5 rings (SSSR count). The number of hydrogen-bond donors (Lipinski definition) is 0. The van der Waals surface area contributed by atoms with Crippen LogP contribution < -0.4 is 0 Å². The van der Waals surface area contributed by atoms with Gasteiger partial charge in [-0.15, -0.1) is 0 Å². The minimum Gasteiger partial charge on any atom is -0.366 e. The molecule has 9 atom stereocenters. The zero-order chi connectivity index (χ0) is 17.6. The summed E-state index contributed by atoms with van der Waals surface area (Å²) in [7, 11) is 0. The number of ether oxygens (including phenoxy) is 1. The van der Waals surface area contributed by atoms with Gasteiger partial charge in [-0.2, -0.15) is 0 Å². The molecular formula is C23H36O2. The molecule has 2 heteroatoms. The Kier molecular flexibility index (Phi) is 3.43. The van der Waals surface area contributed by atoms with Crippen LogP contribution in [0.3, 0.4) is 0 Å². The first-order valence-electron chi connectivity index (χ1n) is 11.0. The smallest absolute Gasteiger partial charge is 0.133 e. The minimum absolute atomic E-state index is 0.271. The second-order valence-electron chi connectivity index (χ2n) is 11.0. The Bertz CT molecular complexity index is 599. The summed E-state index contributed by atoms with van der Waals surface area (Å²) >= 11 is 0. The van der Waals surface area contributed by atoms with Crippen LogP contribution in [0.15, 0.2) is 0 Å². The van der Waals surface area contributed by atoms with Crippen LogP contribution in [0.4, 0.5) is 0 Å². The van der Waals surface area contributed by atoms with E-state index >= 15 is 0 Å². The topological polar surface area (TPSA) is 29.6 Å². The van der Waals surface area contributed by atoms with E-state index in [1.54, 1.807) is 0 Å². The molecule has 4 saturated carbocycles. The lowest BCUT2D eigenvalue weighted by atomic mass is 9.44. The van der Waals surface area contributed by atoms with E-state index < -0.39 is 0 Å². The second kappa shape index (κ2) is 5.12. The third-order valence-electron chi connectivity index (χ3n) is 10.3. The van der Waals surface area contributed by atoms with Crippen LogP contribution in [0.2, 0.25) is 0 Å². The average Bonchev–Trinajstić information content (AvgIpc) is 3.01. The van der Waals surface area contributed by atoms with Gasteiger partial charge in [-0.3, -0.25) is 4.79 Å². The van der Waals surface area contributed by atoms with E-state index in [2.05, 4.69) is 20.8 Å². The molecule has 25 heavy (non-hydrogen) atoms. The molecule has 1 saturated heterocycles. The summed E-state index contributed by atoms with van der Waals surface area (Å²) in [6.45, 7) is 9.23. The van der Waals surface area contributed by atoms with Crippen molar-refractivity contribution in [3.05, 3.63) is 0 Å². The number of Topliss-reactive ketones (excluding diaryl/α,β-unsaturated/α-hetero) is 1. The van der Waals surface area contributed by atoms with Gasteiger partial charge in [0, 0.05) is 5.92 Å². The second-order valence-corrected chi connectivity index (χ2v) is 11.0. The molecule has 0 aromatic rings. The van der Waals surface area contributed by atoms with Crippen LogP contribution in [0.5, 0.6) is 0 Å². The maximum atomic E-state index is 12.3. The number of hydrogen-bond acceptors (Lipinski definition) is 2. The van der Waals surface area contributed by atoms with Crippen molar-refractivity contribution in [1.29, 1.82) is 0 Å². The van der Waals surface area contributed by atoms with Crippen molar-refractivity contribution in [2.75, 3.05) is 0 Å². The molecule has 0 amide bonds. The minimum atomic E-state index is 0.271. The lowest BCUT2D eigenvalue weighted by Crippen LogP contribution is -2.54. The quantitative estimate of drug-likeness (QED) is 0.597. The van der Waals surface area contributed by atoms with E-state index in [9.17, 15) is 4.79 Å². The van der Waals surface area contributed by atoms with E-state index in [0.29, 0.717) is 28.6 Å². The highest BCUT2D eigenvalue weighted by Crippen LogP contribution is 2.69. The van der Waals surface area contributed by atoms with Gasteiger partial charge in [0.15, 0.2) is 0 Å². The summed E-state index contributed by atoms with van der Waals surface area (Å²) < 4.78 is 6.06. The van der Waals surface area contributed by atoms with Crippen LogP contribution in [0, 0.1) is 40.4 Å². The molecule has 0 radical (unpaired) electrons. The summed E-state index contributed by atoms with van der Waals surface area (Å²) in [6, 6.07) is 0. The molecule has 4 aliphatic carbocycles. The maximum Gasteiger partial charge on any atom is 0.133 e. The van der Waals surface area contributed by atoms with Crippen LogP contribution in [0.1, 0.15) is 85.5 Å². The molecule has 0 N–H and O–H groups in total. The van der Waals surface area contributed by atoms with Crippen LogP contribution in [-0.2, 0) is 9.53 Å². The van der Waals surface area contributed by atoms with Gasteiger partial charge < -0.3 is 4.74 Å². The zero-order valence-corrected chi connectivity index (χ0v) is 16.6. The first kappa shape index (κ1) is 16.8. The molecule has 1 heterocycles. The summed E-state index contributed by atoms with van der Waals surface area (Å²) in [5.41, 5.74) is 1.11. The highest BCUT2D eigenvalue weighted by molar-refractivity contribution is 5.79. The van der Waals surface area contributed by atoms with Crippen molar-refractivity contribution in [2.45, 2.75) is 97.2 Å². The molecular weight excluding hydrogens is 308 g/mol. The lowest BCUT2D eigenvalue weighted by molar-refractivity contribution is -0.136. The third-order valence-corrected chi connectivity index (χ3v) is 10.3. The monoisotopic (exact) mass is 344 g/mol. The first-order valence-corrected chi connectivity index (χ1v) is 11.0. The highest BCUT2D eigenvalue weighted by Gasteiger charge is 2.65. The van der Waals surface area contributed by atoms with E-state index in [0.717, 1.165) is 30.1 Å². The number of rotatable bonds is 1. The van der Waals surface area contributed by atoms with Gasteiger partial charge in [0.2, 0.25) is 0 Å².